The first-order chi connectivity index (χ1) is 11.0. The molecule has 0 bridgehead atoms. The van der Waals surface area contributed by atoms with Crippen LogP contribution in [0.5, 0.6) is 0 Å². The van der Waals surface area contributed by atoms with Crippen LogP contribution in [-0.4, -0.2) is 42.3 Å². The van der Waals surface area contributed by atoms with Crippen molar-refractivity contribution in [3.8, 4) is 0 Å². The molecule has 1 aromatic rings. The number of halogens is 1. The van der Waals surface area contributed by atoms with Gasteiger partial charge in [-0.15, -0.1) is 0 Å². The van der Waals surface area contributed by atoms with Crippen LogP contribution in [0.1, 0.15) is 31.7 Å². The summed E-state index contributed by atoms with van der Waals surface area (Å²) in [5, 5.41) is 5.22. The monoisotopic (exact) mass is 321 g/mol. The largest absolute Gasteiger partial charge is 0.355 e. The Morgan fingerprint density at radius 1 is 1.39 bits per heavy atom. The molecule has 3 amide bonds. The molecule has 0 aromatic heterocycles. The summed E-state index contributed by atoms with van der Waals surface area (Å²) < 4.78 is 13.3. The second kappa shape index (κ2) is 7.21. The summed E-state index contributed by atoms with van der Waals surface area (Å²) in [5.41, 5.74) is 0.888. The summed E-state index contributed by atoms with van der Waals surface area (Å²) in [6, 6.07) is 3.97. The molecule has 1 atom stereocenters. The Hall–Kier alpha value is -2.44. The number of rotatable bonds is 5. The van der Waals surface area contributed by atoms with Crippen LogP contribution in [0.15, 0.2) is 18.2 Å². The van der Waals surface area contributed by atoms with Gasteiger partial charge in [0.1, 0.15) is 5.82 Å². The Kier molecular flexibility index (Phi) is 5.31. The Morgan fingerprint density at radius 3 is 2.78 bits per heavy atom. The Bertz CT molecular complexity index is 633. The lowest BCUT2D eigenvalue weighted by molar-refractivity contribution is -0.138. The van der Waals surface area contributed by atoms with E-state index < -0.39 is 11.7 Å². The second-order valence-electron chi connectivity index (χ2n) is 5.34. The van der Waals surface area contributed by atoms with Crippen LogP contribution in [0, 0.1) is 5.82 Å². The van der Waals surface area contributed by atoms with Crippen molar-refractivity contribution in [1.29, 1.82) is 0 Å². The minimum atomic E-state index is -0.700. The quantitative estimate of drug-likeness (QED) is 0.856. The van der Waals surface area contributed by atoms with Gasteiger partial charge in [-0.2, -0.15) is 0 Å². The van der Waals surface area contributed by atoms with Gasteiger partial charge < -0.3 is 15.5 Å². The predicted octanol–water partition coefficient (Wildman–Crippen LogP) is 1.24. The highest BCUT2D eigenvalue weighted by Crippen LogP contribution is 2.34. The highest BCUT2D eigenvalue weighted by Gasteiger charge is 2.33. The minimum Gasteiger partial charge on any atom is -0.355 e. The average Bonchev–Trinajstić information content (AvgIpc) is 2.51. The lowest BCUT2D eigenvalue weighted by atomic mass is 9.89. The van der Waals surface area contributed by atoms with E-state index in [4.69, 9.17) is 0 Å². The number of carbonyl (C=O) groups is 3. The average molecular weight is 321 g/mol. The first-order valence-electron chi connectivity index (χ1n) is 7.61. The second-order valence-corrected chi connectivity index (χ2v) is 5.34. The van der Waals surface area contributed by atoms with Gasteiger partial charge in [-0.05, 0) is 31.5 Å². The molecule has 1 heterocycles. The number of carbonyl (C=O) groups excluding carboxylic acids is 3. The van der Waals surface area contributed by atoms with Crippen LogP contribution in [0.4, 0.5) is 10.1 Å². The van der Waals surface area contributed by atoms with Gasteiger partial charge in [0, 0.05) is 25.2 Å². The smallest absolute Gasteiger partial charge is 0.239 e. The number of hydrogen-bond donors (Lipinski definition) is 2. The zero-order valence-corrected chi connectivity index (χ0v) is 13.2. The van der Waals surface area contributed by atoms with Crippen LogP contribution in [-0.2, 0) is 14.4 Å². The van der Waals surface area contributed by atoms with Crippen LogP contribution in [0.25, 0.3) is 0 Å². The molecule has 0 spiro atoms. The van der Waals surface area contributed by atoms with Gasteiger partial charge in [-0.3, -0.25) is 14.4 Å². The van der Waals surface area contributed by atoms with E-state index in [1.165, 1.54) is 23.1 Å². The summed E-state index contributed by atoms with van der Waals surface area (Å²) in [7, 11) is 0. The normalized spacial score (nSPS) is 16.3. The van der Waals surface area contributed by atoms with E-state index in [1.807, 2.05) is 0 Å². The van der Waals surface area contributed by atoms with E-state index in [0.29, 0.717) is 24.3 Å². The first-order valence-corrected chi connectivity index (χ1v) is 7.61. The van der Waals surface area contributed by atoms with Crippen molar-refractivity contribution in [3.05, 3.63) is 29.6 Å². The third-order valence-corrected chi connectivity index (χ3v) is 3.75. The molecule has 1 aliphatic heterocycles. The van der Waals surface area contributed by atoms with Gasteiger partial charge in [0.2, 0.25) is 17.7 Å². The summed E-state index contributed by atoms with van der Waals surface area (Å²) in [6.07, 6.45) is -0.0106. The number of fused-ring (bicyclic) bond motifs is 1. The Morgan fingerprint density at radius 2 is 2.13 bits per heavy atom. The highest BCUT2D eigenvalue weighted by molar-refractivity contribution is 6.01. The van der Waals surface area contributed by atoms with Crippen molar-refractivity contribution in [2.24, 2.45) is 0 Å². The van der Waals surface area contributed by atoms with Crippen molar-refractivity contribution in [1.82, 2.24) is 10.2 Å². The molecule has 0 saturated carbocycles. The van der Waals surface area contributed by atoms with Crippen molar-refractivity contribution in [3.63, 3.8) is 0 Å². The number of benzene rings is 1. The zero-order valence-electron chi connectivity index (χ0n) is 13.2. The molecule has 0 saturated heterocycles. The summed E-state index contributed by atoms with van der Waals surface area (Å²) in [5.74, 6) is -2.07. The topological polar surface area (TPSA) is 78.5 Å². The molecule has 0 aliphatic carbocycles. The highest BCUT2D eigenvalue weighted by atomic mass is 19.1. The van der Waals surface area contributed by atoms with Crippen molar-refractivity contribution < 1.29 is 18.8 Å². The number of likely N-dealkylation sites (N-methyl/N-ethyl adjacent to an activating group) is 2. The lowest BCUT2D eigenvalue weighted by Crippen LogP contribution is -2.44. The van der Waals surface area contributed by atoms with E-state index in [2.05, 4.69) is 10.6 Å². The number of anilines is 1. The fraction of sp³-hybridized carbons (Fsp3) is 0.438. The van der Waals surface area contributed by atoms with Crippen molar-refractivity contribution in [2.45, 2.75) is 26.2 Å². The third-order valence-electron chi connectivity index (χ3n) is 3.75. The number of amides is 3. The van der Waals surface area contributed by atoms with Crippen LogP contribution in [0.3, 0.4) is 0 Å². The molecule has 124 valence electrons. The fourth-order valence-electron chi connectivity index (χ4n) is 2.65. The summed E-state index contributed by atoms with van der Waals surface area (Å²) in [4.78, 5) is 37.7. The SMILES string of the molecule is CCNC(=O)CN(CC)C(=O)C1CC(=O)Nc2cc(F)ccc21. The van der Waals surface area contributed by atoms with Crippen LogP contribution >= 0.6 is 0 Å². The molecule has 1 aliphatic rings. The number of nitrogens with one attached hydrogen (secondary N) is 2. The molecule has 7 heteroatoms. The predicted molar refractivity (Wildman–Crippen MR) is 83.3 cm³/mol. The van der Waals surface area contributed by atoms with E-state index in [9.17, 15) is 18.8 Å². The molecule has 0 fully saturated rings. The summed E-state index contributed by atoms with van der Waals surface area (Å²) in [6.45, 7) is 4.35. The maximum absolute atomic E-state index is 13.3. The molecular weight excluding hydrogens is 301 g/mol. The van der Waals surface area contributed by atoms with Gasteiger partial charge >= 0.3 is 0 Å². The van der Waals surface area contributed by atoms with Gasteiger partial charge in [0.05, 0.1) is 12.5 Å². The molecule has 1 unspecified atom stereocenters. The van der Waals surface area contributed by atoms with Gasteiger partial charge in [-0.25, -0.2) is 4.39 Å². The first kappa shape index (κ1) is 16.9. The van der Waals surface area contributed by atoms with E-state index in [-0.39, 0.29) is 30.7 Å². The Labute approximate surface area is 134 Å². The molecule has 6 nitrogen and oxygen atoms in total. The summed E-state index contributed by atoms with van der Waals surface area (Å²) >= 11 is 0. The van der Waals surface area contributed by atoms with E-state index >= 15 is 0 Å². The van der Waals surface area contributed by atoms with Crippen LogP contribution in [0.2, 0.25) is 0 Å². The molecule has 23 heavy (non-hydrogen) atoms. The van der Waals surface area contributed by atoms with Gasteiger partial charge in [-0.1, -0.05) is 6.07 Å². The maximum atomic E-state index is 13.3. The number of hydrogen-bond acceptors (Lipinski definition) is 3. The standard InChI is InChI=1S/C16H20FN3O3/c1-3-18-15(22)9-20(4-2)16(23)12-8-14(21)19-13-7-10(17)5-6-11(12)13/h5-7,12H,3-4,8-9H2,1-2H3,(H,18,22)(H,19,21). The van der Waals surface area contributed by atoms with E-state index in [0.717, 1.165) is 0 Å². The molecule has 2 rings (SSSR count). The third kappa shape index (κ3) is 3.85. The number of nitrogens with zero attached hydrogens (tertiary/aromatic N) is 1. The minimum absolute atomic E-state index is 0.0106. The molecule has 1 aromatic carbocycles. The van der Waals surface area contributed by atoms with Crippen molar-refractivity contribution in [2.75, 3.05) is 25.0 Å². The Balaban J connectivity index is 2.24. The lowest BCUT2D eigenvalue weighted by Gasteiger charge is -2.29. The van der Waals surface area contributed by atoms with Gasteiger partial charge in [0.25, 0.3) is 0 Å². The zero-order chi connectivity index (χ0) is 17.0. The van der Waals surface area contributed by atoms with Crippen LogP contribution < -0.4 is 10.6 Å². The van der Waals surface area contributed by atoms with Crippen molar-refractivity contribution >= 4 is 23.4 Å². The maximum Gasteiger partial charge on any atom is 0.239 e. The van der Waals surface area contributed by atoms with E-state index in [1.54, 1.807) is 13.8 Å². The molecule has 0 radical (unpaired) electrons. The van der Waals surface area contributed by atoms with Gasteiger partial charge in [0.15, 0.2) is 0 Å². The molecular formula is C16H20FN3O3. The molecule has 2 N–H and O–H groups in total. The fourth-order valence-corrected chi connectivity index (χ4v) is 2.65.